The molecule has 20 heavy (non-hydrogen) atoms. The number of benzene rings is 1. The van der Waals surface area contributed by atoms with Crippen LogP contribution < -0.4 is 0 Å². The number of halogens is 2. The van der Waals surface area contributed by atoms with Crippen LogP contribution in [0.1, 0.15) is 24.6 Å². The van der Waals surface area contributed by atoms with Crippen LogP contribution in [0.5, 0.6) is 0 Å². The molecule has 1 amide bonds. The highest BCUT2D eigenvalue weighted by Crippen LogP contribution is 2.34. The zero-order valence-corrected chi connectivity index (χ0v) is 12.3. The summed E-state index contributed by atoms with van der Waals surface area (Å²) in [5.74, 6) is -0.239. The van der Waals surface area contributed by atoms with E-state index in [0.717, 1.165) is 23.1 Å². The van der Waals surface area contributed by atoms with Gasteiger partial charge in [0.25, 0.3) is 0 Å². The minimum atomic E-state index is -0.380. The van der Waals surface area contributed by atoms with Crippen molar-refractivity contribution < 1.29 is 9.18 Å². The third-order valence-electron chi connectivity index (χ3n) is 4.11. The van der Waals surface area contributed by atoms with Crippen molar-refractivity contribution in [3.05, 3.63) is 34.2 Å². The highest BCUT2D eigenvalue weighted by Gasteiger charge is 2.26. The fourth-order valence-corrected chi connectivity index (χ4v) is 3.20. The Labute approximate surface area is 121 Å². The Morgan fingerprint density at radius 1 is 1.45 bits per heavy atom. The average molecular weight is 295 g/mol. The van der Waals surface area contributed by atoms with Crippen molar-refractivity contribution in [3.63, 3.8) is 0 Å². The molecule has 1 aliphatic rings. The second kappa shape index (κ2) is 4.77. The zero-order valence-electron chi connectivity index (χ0n) is 11.5. The normalized spacial score (nSPS) is 14.7. The smallest absolute Gasteiger partial charge is 0.222 e. The Balaban J connectivity index is 2.17. The Kier molecular flexibility index (Phi) is 3.21. The second-order valence-electron chi connectivity index (χ2n) is 5.16. The highest BCUT2D eigenvalue weighted by molar-refractivity contribution is 6.31. The lowest BCUT2D eigenvalue weighted by Gasteiger charge is -2.27. The molecule has 2 aromatic rings. The first-order chi connectivity index (χ1) is 9.54. The van der Waals surface area contributed by atoms with Crippen molar-refractivity contribution >= 4 is 28.4 Å². The molecule has 106 valence electrons. The van der Waals surface area contributed by atoms with Crippen LogP contribution in [0, 0.1) is 5.82 Å². The maximum atomic E-state index is 14.2. The first-order valence-corrected chi connectivity index (χ1v) is 7.14. The van der Waals surface area contributed by atoms with Crippen molar-refractivity contribution in [1.82, 2.24) is 9.47 Å². The molecule has 0 saturated heterocycles. The Morgan fingerprint density at radius 3 is 2.90 bits per heavy atom. The third-order valence-corrected chi connectivity index (χ3v) is 4.40. The van der Waals surface area contributed by atoms with Gasteiger partial charge in [0.1, 0.15) is 0 Å². The summed E-state index contributed by atoms with van der Waals surface area (Å²) < 4.78 is 16.1. The molecule has 0 atom stereocenters. The molecule has 0 fully saturated rings. The van der Waals surface area contributed by atoms with E-state index in [1.165, 1.54) is 0 Å². The van der Waals surface area contributed by atoms with Crippen LogP contribution >= 0.6 is 11.6 Å². The quantitative estimate of drug-likeness (QED) is 0.792. The number of hydrogen-bond donors (Lipinski definition) is 0. The predicted octanol–water partition coefficient (Wildman–Crippen LogP) is 3.27. The average Bonchev–Trinajstić information content (AvgIpc) is 2.75. The number of nitrogens with zero attached hydrogens (tertiary/aromatic N) is 2. The molecular formula is C15H16ClFN2O. The van der Waals surface area contributed by atoms with E-state index in [4.69, 9.17) is 11.6 Å². The van der Waals surface area contributed by atoms with E-state index < -0.39 is 0 Å². The molecule has 0 bridgehead atoms. The fourth-order valence-electron chi connectivity index (χ4n) is 3.05. The number of aromatic nitrogens is 1. The van der Waals surface area contributed by atoms with Gasteiger partial charge in [-0.05, 0) is 6.07 Å². The number of rotatable bonds is 1. The summed E-state index contributed by atoms with van der Waals surface area (Å²) in [7, 11) is 1.86. The van der Waals surface area contributed by atoms with Gasteiger partial charge in [0.15, 0.2) is 5.82 Å². The first-order valence-electron chi connectivity index (χ1n) is 6.76. The number of carbonyl (C=O) groups excluding carboxylic acids is 1. The summed E-state index contributed by atoms with van der Waals surface area (Å²) in [6.45, 7) is 3.11. The van der Waals surface area contributed by atoms with Gasteiger partial charge in [0.2, 0.25) is 5.91 Å². The van der Waals surface area contributed by atoms with Crippen molar-refractivity contribution in [2.75, 3.05) is 6.54 Å². The molecule has 0 saturated carbocycles. The van der Waals surface area contributed by atoms with Crippen LogP contribution in [0.25, 0.3) is 10.9 Å². The molecule has 5 heteroatoms. The van der Waals surface area contributed by atoms with Gasteiger partial charge in [0.05, 0.1) is 10.5 Å². The minimum Gasteiger partial charge on any atom is -0.345 e. The van der Waals surface area contributed by atoms with Crippen LogP contribution in [-0.4, -0.2) is 21.9 Å². The van der Waals surface area contributed by atoms with E-state index in [1.807, 2.05) is 29.5 Å². The summed E-state index contributed by atoms with van der Waals surface area (Å²) in [5, 5.41) is 0.995. The van der Waals surface area contributed by atoms with Gasteiger partial charge in [-0.25, -0.2) is 4.39 Å². The molecule has 1 aromatic carbocycles. The first kappa shape index (κ1) is 13.4. The monoisotopic (exact) mass is 294 g/mol. The van der Waals surface area contributed by atoms with Crippen LogP contribution in [-0.2, 0) is 24.8 Å². The van der Waals surface area contributed by atoms with Gasteiger partial charge in [-0.15, -0.1) is 0 Å². The van der Waals surface area contributed by atoms with Crippen LogP contribution in [0.2, 0.25) is 5.02 Å². The molecule has 0 aliphatic carbocycles. The number of hydrogen-bond acceptors (Lipinski definition) is 1. The molecule has 0 radical (unpaired) electrons. The van der Waals surface area contributed by atoms with E-state index in [-0.39, 0.29) is 16.7 Å². The highest BCUT2D eigenvalue weighted by atomic mass is 35.5. The van der Waals surface area contributed by atoms with Gasteiger partial charge in [-0.3, -0.25) is 4.79 Å². The molecule has 2 heterocycles. The van der Waals surface area contributed by atoms with Gasteiger partial charge in [-0.2, -0.15) is 0 Å². The second-order valence-corrected chi connectivity index (χ2v) is 5.57. The van der Waals surface area contributed by atoms with Crippen LogP contribution in [0.4, 0.5) is 4.39 Å². The molecule has 3 rings (SSSR count). The summed E-state index contributed by atoms with van der Waals surface area (Å²) in [6.07, 6.45) is 1.25. The third kappa shape index (κ3) is 1.82. The Hall–Kier alpha value is -1.55. The molecule has 0 unspecified atom stereocenters. The molecule has 0 spiro atoms. The lowest BCUT2D eigenvalue weighted by molar-refractivity contribution is -0.131. The summed E-state index contributed by atoms with van der Waals surface area (Å²) in [6, 6.07) is 3.43. The van der Waals surface area contributed by atoms with E-state index in [9.17, 15) is 9.18 Å². The Bertz CT molecular complexity index is 708. The largest absolute Gasteiger partial charge is 0.345 e. The molecule has 1 aromatic heterocycles. The lowest BCUT2D eigenvalue weighted by atomic mass is 10.0. The summed E-state index contributed by atoms with van der Waals surface area (Å²) >= 11 is 5.87. The molecule has 3 nitrogen and oxygen atoms in total. The number of aryl methyl sites for hydroxylation is 1. The maximum Gasteiger partial charge on any atom is 0.222 e. The summed E-state index contributed by atoms with van der Waals surface area (Å²) in [4.78, 5) is 13.7. The SMILES string of the molecule is CCC(=O)N1CCc2c(c3ccc(Cl)c(F)c3n2C)C1. The van der Waals surface area contributed by atoms with E-state index in [2.05, 4.69) is 0 Å². The zero-order chi connectivity index (χ0) is 14.4. The number of carbonyl (C=O) groups is 1. The van der Waals surface area contributed by atoms with Crippen LogP contribution in [0.15, 0.2) is 12.1 Å². The molecule has 0 N–H and O–H groups in total. The van der Waals surface area contributed by atoms with Gasteiger partial charge in [0, 0.05) is 49.6 Å². The molecule has 1 aliphatic heterocycles. The topological polar surface area (TPSA) is 25.2 Å². The van der Waals surface area contributed by atoms with Gasteiger partial charge < -0.3 is 9.47 Å². The standard InChI is InChI=1S/C15H16ClFN2O/c1-3-13(20)19-7-6-12-10(8-19)9-4-5-11(16)14(17)15(9)18(12)2/h4-5H,3,6-8H2,1-2H3. The lowest BCUT2D eigenvalue weighted by Crippen LogP contribution is -2.35. The number of fused-ring (bicyclic) bond motifs is 3. The van der Waals surface area contributed by atoms with Gasteiger partial charge in [-0.1, -0.05) is 24.6 Å². The van der Waals surface area contributed by atoms with Crippen molar-refractivity contribution in [2.24, 2.45) is 7.05 Å². The van der Waals surface area contributed by atoms with Gasteiger partial charge >= 0.3 is 0 Å². The van der Waals surface area contributed by atoms with E-state index >= 15 is 0 Å². The molecular weight excluding hydrogens is 279 g/mol. The minimum absolute atomic E-state index is 0.136. The van der Waals surface area contributed by atoms with E-state index in [1.54, 1.807) is 6.07 Å². The number of amides is 1. The maximum absolute atomic E-state index is 14.2. The fraction of sp³-hybridized carbons (Fsp3) is 0.400. The summed E-state index contributed by atoms with van der Waals surface area (Å²) in [5.41, 5.74) is 2.68. The van der Waals surface area contributed by atoms with Crippen molar-refractivity contribution in [1.29, 1.82) is 0 Å². The Morgan fingerprint density at radius 2 is 2.20 bits per heavy atom. The van der Waals surface area contributed by atoms with Crippen molar-refractivity contribution in [2.45, 2.75) is 26.3 Å². The van der Waals surface area contributed by atoms with Crippen molar-refractivity contribution in [3.8, 4) is 0 Å². The van der Waals surface area contributed by atoms with E-state index in [0.29, 0.717) is 25.0 Å². The predicted molar refractivity (Wildman–Crippen MR) is 77.3 cm³/mol. The van der Waals surface area contributed by atoms with Crippen LogP contribution in [0.3, 0.4) is 0 Å².